The molecular weight excluding hydrogens is 248 g/mol. The highest BCUT2D eigenvalue weighted by atomic mass is 16.3. The first-order valence-electron chi connectivity index (χ1n) is 8.51. The first-order valence-corrected chi connectivity index (χ1v) is 8.51. The number of likely N-dealkylation sites (N-methyl/N-ethyl adjacent to an activating group) is 1. The maximum absolute atomic E-state index is 10.2. The average molecular weight is 282 g/mol. The highest BCUT2D eigenvalue weighted by Crippen LogP contribution is 2.39. The van der Waals surface area contributed by atoms with Gasteiger partial charge in [0.05, 0.1) is 6.10 Å². The Hall–Kier alpha value is -0.120. The van der Waals surface area contributed by atoms with Crippen LogP contribution in [0.3, 0.4) is 0 Å². The van der Waals surface area contributed by atoms with E-state index in [1.54, 1.807) is 0 Å². The van der Waals surface area contributed by atoms with E-state index in [-0.39, 0.29) is 6.10 Å². The lowest BCUT2D eigenvalue weighted by atomic mass is 9.67. The van der Waals surface area contributed by atoms with E-state index in [1.165, 1.54) is 32.1 Å². The summed E-state index contributed by atoms with van der Waals surface area (Å²) in [4.78, 5) is 2.44. The molecule has 0 aromatic carbocycles. The monoisotopic (exact) mass is 282 g/mol. The molecule has 2 rings (SSSR count). The Bertz CT molecular complexity index is 305. The van der Waals surface area contributed by atoms with Gasteiger partial charge in [-0.2, -0.15) is 0 Å². The summed E-state index contributed by atoms with van der Waals surface area (Å²) in [6.07, 6.45) is 8.50. The maximum atomic E-state index is 10.2. The van der Waals surface area contributed by atoms with Crippen LogP contribution < -0.4 is 5.32 Å². The van der Waals surface area contributed by atoms with Crippen molar-refractivity contribution in [1.29, 1.82) is 0 Å². The first-order chi connectivity index (χ1) is 9.45. The van der Waals surface area contributed by atoms with Crippen LogP contribution in [-0.2, 0) is 0 Å². The van der Waals surface area contributed by atoms with E-state index in [0.29, 0.717) is 23.4 Å². The second-order valence-electron chi connectivity index (χ2n) is 7.77. The normalized spacial score (nSPS) is 38.1. The topological polar surface area (TPSA) is 35.5 Å². The number of hydrogen-bond donors (Lipinski definition) is 2. The smallest absolute Gasteiger partial charge is 0.0695 e. The van der Waals surface area contributed by atoms with Crippen LogP contribution in [0, 0.1) is 11.3 Å². The first kappa shape index (κ1) is 16.3. The van der Waals surface area contributed by atoms with Crippen molar-refractivity contribution in [3.63, 3.8) is 0 Å². The largest absolute Gasteiger partial charge is 0.391 e. The molecular formula is C17H34N2O. The lowest BCUT2D eigenvalue weighted by Crippen LogP contribution is -2.53. The summed E-state index contributed by atoms with van der Waals surface area (Å²) in [7, 11) is 4.33. The molecule has 4 atom stereocenters. The fourth-order valence-corrected chi connectivity index (χ4v) is 4.71. The van der Waals surface area contributed by atoms with Crippen molar-refractivity contribution in [2.24, 2.45) is 11.3 Å². The molecule has 3 nitrogen and oxygen atoms in total. The van der Waals surface area contributed by atoms with Crippen LogP contribution in [0.2, 0.25) is 0 Å². The van der Waals surface area contributed by atoms with Crippen molar-refractivity contribution in [2.45, 2.75) is 77.0 Å². The van der Waals surface area contributed by atoms with Gasteiger partial charge in [-0.05, 0) is 51.1 Å². The van der Waals surface area contributed by atoms with Crippen molar-refractivity contribution in [1.82, 2.24) is 10.2 Å². The van der Waals surface area contributed by atoms with E-state index in [4.69, 9.17) is 0 Å². The molecule has 0 radical (unpaired) electrons. The van der Waals surface area contributed by atoms with E-state index in [2.05, 4.69) is 38.2 Å². The van der Waals surface area contributed by atoms with Crippen molar-refractivity contribution in [3.05, 3.63) is 0 Å². The molecule has 0 aromatic rings. The van der Waals surface area contributed by atoms with E-state index in [1.807, 2.05) is 0 Å². The Balaban J connectivity index is 1.96. The van der Waals surface area contributed by atoms with Crippen molar-refractivity contribution in [3.8, 4) is 0 Å². The lowest BCUT2D eigenvalue weighted by Gasteiger charge is -2.46. The molecule has 0 heterocycles. The molecule has 118 valence electrons. The molecule has 0 bridgehead atoms. The third-order valence-electron chi connectivity index (χ3n) is 5.80. The molecule has 0 saturated heterocycles. The third kappa shape index (κ3) is 3.55. The third-order valence-corrected chi connectivity index (χ3v) is 5.80. The molecule has 0 spiro atoms. The highest BCUT2D eigenvalue weighted by Gasteiger charge is 2.39. The van der Waals surface area contributed by atoms with Gasteiger partial charge in [0, 0.05) is 18.6 Å². The lowest BCUT2D eigenvalue weighted by molar-refractivity contribution is 0.00992. The summed E-state index contributed by atoms with van der Waals surface area (Å²) in [5, 5.41) is 13.8. The van der Waals surface area contributed by atoms with Crippen LogP contribution >= 0.6 is 0 Å². The fraction of sp³-hybridized carbons (Fsp3) is 1.00. The van der Waals surface area contributed by atoms with Crippen LogP contribution in [0.15, 0.2) is 0 Å². The molecule has 20 heavy (non-hydrogen) atoms. The van der Waals surface area contributed by atoms with Crippen LogP contribution in [-0.4, -0.2) is 48.8 Å². The molecule has 4 unspecified atom stereocenters. The van der Waals surface area contributed by atoms with Gasteiger partial charge in [-0.25, -0.2) is 0 Å². The van der Waals surface area contributed by atoms with Crippen LogP contribution in [0.5, 0.6) is 0 Å². The van der Waals surface area contributed by atoms with E-state index in [0.717, 1.165) is 19.4 Å². The predicted octanol–water partition coefficient (Wildman–Crippen LogP) is 2.64. The second-order valence-corrected chi connectivity index (χ2v) is 7.77. The van der Waals surface area contributed by atoms with E-state index < -0.39 is 0 Å². The number of nitrogens with zero attached hydrogens (tertiary/aromatic N) is 1. The maximum Gasteiger partial charge on any atom is 0.0695 e. The Labute approximate surface area is 125 Å². The molecule has 2 fully saturated rings. The predicted molar refractivity (Wildman–Crippen MR) is 84.9 cm³/mol. The number of aliphatic hydroxyl groups excluding tert-OH is 1. The SMILES string of the molecule is CNC1C(CN(C)C2CCCCC2O)CCCC1(C)C. The molecule has 2 saturated carbocycles. The van der Waals surface area contributed by atoms with E-state index >= 15 is 0 Å². The van der Waals surface area contributed by atoms with Gasteiger partial charge in [-0.1, -0.05) is 33.1 Å². The van der Waals surface area contributed by atoms with Gasteiger partial charge in [0.2, 0.25) is 0 Å². The zero-order chi connectivity index (χ0) is 14.8. The summed E-state index contributed by atoms with van der Waals surface area (Å²) < 4.78 is 0. The van der Waals surface area contributed by atoms with Gasteiger partial charge in [0.15, 0.2) is 0 Å². The van der Waals surface area contributed by atoms with Gasteiger partial charge >= 0.3 is 0 Å². The minimum absolute atomic E-state index is 0.113. The van der Waals surface area contributed by atoms with Crippen molar-refractivity contribution < 1.29 is 5.11 Å². The van der Waals surface area contributed by atoms with Crippen LogP contribution in [0.4, 0.5) is 0 Å². The van der Waals surface area contributed by atoms with Gasteiger partial charge in [-0.15, -0.1) is 0 Å². The number of aliphatic hydroxyl groups is 1. The van der Waals surface area contributed by atoms with Gasteiger partial charge < -0.3 is 15.3 Å². The number of rotatable bonds is 4. The Morgan fingerprint density at radius 1 is 1.15 bits per heavy atom. The Kier molecular flexibility index (Phi) is 5.49. The molecule has 3 heteroatoms. The summed E-state index contributed by atoms with van der Waals surface area (Å²) in [6.45, 7) is 5.92. The second kappa shape index (κ2) is 6.76. The van der Waals surface area contributed by atoms with Crippen molar-refractivity contribution >= 4 is 0 Å². The molecule has 0 aromatic heterocycles. The molecule has 0 aliphatic heterocycles. The van der Waals surface area contributed by atoms with Crippen LogP contribution in [0.25, 0.3) is 0 Å². The fourth-order valence-electron chi connectivity index (χ4n) is 4.71. The van der Waals surface area contributed by atoms with Gasteiger partial charge in [0.1, 0.15) is 0 Å². The number of nitrogens with one attached hydrogen (secondary N) is 1. The van der Waals surface area contributed by atoms with Gasteiger partial charge in [0.25, 0.3) is 0 Å². The summed E-state index contributed by atoms with van der Waals surface area (Å²) >= 11 is 0. The molecule has 2 aliphatic carbocycles. The summed E-state index contributed by atoms with van der Waals surface area (Å²) in [6, 6.07) is 0.978. The standard InChI is InChI=1S/C17H34N2O/c1-17(2)11-7-8-13(16(17)18-3)12-19(4)14-9-5-6-10-15(14)20/h13-16,18,20H,5-12H2,1-4H3. The summed E-state index contributed by atoms with van der Waals surface area (Å²) in [5.74, 6) is 0.711. The summed E-state index contributed by atoms with van der Waals surface area (Å²) in [5.41, 5.74) is 0.393. The van der Waals surface area contributed by atoms with Crippen LogP contribution in [0.1, 0.15) is 58.8 Å². The number of hydrogen-bond acceptors (Lipinski definition) is 3. The molecule has 2 N–H and O–H groups in total. The van der Waals surface area contributed by atoms with Gasteiger partial charge in [-0.3, -0.25) is 0 Å². The minimum atomic E-state index is -0.113. The zero-order valence-corrected chi connectivity index (χ0v) is 13.9. The molecule has 2 aliphatic rings. The minimum Gasteiger partial charge on any atom is -0.391 e. The van der Waals surface area contributed by atoms with E-state index in [9.17, 15) is 5.11 Å². The Morgan fingerprint density at radius 2 is 1.85 bits per heavy atom. The zero-order valence-electron chi connectivity index (χ0n) is 13.9. The average Bonchev–Trinajstić information content (AvgIpc) is 2.38. The highest BCUT2D eigenvalue weighted by molar-refractivity contribution is 4.94. The quantitative estimate of drug-likeness (QED) is 0.832. The van der Waals surface area contributed by atoms with Crippen molar-refractivity contribution in [2.75, 3.05) is 20.6 Å². The Morgan fingerprint density at radius 3 is 2.50 bits per heavy atom. The molecule has 0 amide bonds.